The van der Waals surface area contributed by atoms with Crippen LogP contribution >= 0.6 is 0 Å². The molecule has 1 aliphatic rings. The van der Waals surface area contributed by atoms with E-state index in [0.717, 1.165) is 41.1 Å². The number of allylic oxidation sites excluding steroid dienone is 2. The fourth-order valence-electron chi connectivity index (χ4n) is 3.23. The maximum atomic E-state index is 5.98. The molecule has 0 aromatic heterocycles. The molecule has 2 aromatic rings. The topological polar surface area (TPSA) is 34.1 Å². The van der Waals surface area contributed by atoms with Gasteiger partial charge in [0.2, 0.25) is 5.90 Å². The van der Waals surface area contributed by atoms with Crippen LogP contribution in [-0.2, 0) is 17.8 Å². The summed E-state index contributed by atoms with van der Waals surface area (Å²) in [6.07, 6.45) is 7.99. The van der Waals surface area contributed by atoms with E-state index in [2.05, 4.69) is 42.9 Å². The van der Waals surface area contributed by atoms with E-state index in [1.54, 1.807) is 12.1 Å². The van der Waals surface area contributed by atoms with Crippen LogP contribution in [0.15, 0.2) is 84.1 Å². The second kappa shape index (κ2) is 12.4. The Bertz CT molecular complexity index is 957. The molecule has 4 heteroatoms. The van der Waals surface area contributed by atoms with E-state index >= 15 is 0 Å². The lowest BCUT2D eigenvalue weighted by Gasteiger charge is -2.26. The van der Waals surface area contributed by atoms with E-state index in [9.17, 15) is 0 Å². The molecule has 1 aliphatic heterocycles. The van der Waals surface area contributed by atoms with E-state index < -0.39 is 0 Å². The van der Waals surface area contributed by atoms with Crippen LogP contribution in [-0.4, -0.2) is 18.0 Å². The van der Waals surface area contributed by atoms with Gasteiger partial charge in [-0.25, -0.2) is 5.01 Å². The van der Waals surface area contributed by atoms with Gasteiger partial charge in [-0.2, -0.15) is 0 Å². The molecule has 1 heterocycles. The summed E-state index contributed by atoms with van der Waals surface area (Å²) in [6.45, 7) is 12.8. The number of hydrazone groups is 1. The van der Waals surface area contributed by atoms with Gasteiger partial charge >= 0.3 is 0 Å². The van der Waals surface area contributed by atoms with Gasteiger partial charge in [0, 0.05) is 11.6 Å². The molecule has 0 aliphatic carbocycles. The summed E-state index contributed by atoms with van der Waals surface area (Å²) >= 11 is 0. The number of hydrogen-bond acceptors (Lipinski definition) is 4. The third-order valence-corrected chi connectivity index (χ3v) is 4.67. The summed E-state index contributed by atoms with van der Waals surface area (Å²) < 4.78 is 11.3. The molecular formula is C27H34N2O2. The minimum absolute atomic E-state index is 0.478. The van der Waals surface area contributed by atoms with Crippen molar-refractivity contribution < 1.29 is 9.47 Å². The summed E-state index contributed by atoms with van der Waals surface area (Å²) in [5.41, 5.74) is 5.17. The molecule has 3 rings (SSSR count). The lowest BCUT2D eigenvalue weighted by molar-refractivity contribution is 0.284. The quantitative estimate of drug-likeness (QED) is 0.488. The largest absolute Gasteiger partial charge is 0.497 e. The van der Waals surface area contributed by atoms with Crippen LogP contribution in [0, 0.1) is 0 Å². The van der Waals surface area contributed by atoms with E-state index in [-0.39, 0.29) is 0 Å². The van der Waals surface area contributed by atoms with Crippen molar-refractivity contribution >= 4 is 11.6 Å². The first-order valence-corrected chi connectivity index (χ1v) is 10.9. The van der Waals surface area contributed by atoms with Crippen molar-refractivity contribution in [2.45, 2.75) is 47.1 Å². The normalized spacial score (nSPS) is 13.3. The number of methoxy groups -OCH3 is 1. The van der Waals surface area contributed by atoms with Crippen molar-refractivity contribution in [2.24, 2.45) is 5.10 Å². The van der Waals surface area contributed by atoms with Crippen LogP contribution in [0.3, 0.4) is 0 Å². The lowest BCUT2D eigenvalue weighted by atomic mass is 10.1. The summed E-state index contributed by atoms with van der Waals surface area (Å²) in [5, 5.41) is 6.48. The molecule has 0 amide bonds. The Kier molecular flexibility index (Phi) is 9.63. The Morgan fingerprint density at radius 1 is 1.06 bits per heavy atom. The van der Waals surface area contributed by atoms with Gasteiger partial charge in [0.25, 0.3) is 0 Å². The number of benzene rings is 2. The maximum absolute atomic E-state index is 5.98. The molecule has 0 spiro atoms. The highest BCUT2D eigenvalue weighted by atomic mass is 16.5. The zero-order valence-corrected chi connectivity index (χ0v) is 19.4. The van der Waals surface area contributed by atoms with E-state index in [1.165, 1.54) is 5.56 Å². The fraction of sp³-hybridized carbons (Fsp3) is 0.296. The second-order valence-corrected chi connectivity index (χ2v) is 6.84. The monoisotopic (exact) mass is 418 g/mol. The molecule has 0 unspecified atom stereocenters. The SMILES string of the molecule is C=C1C=CC(OCc2cccc(CCC)c2)=NN1/C(=C\C)c1cccc(OC)c1.CC. The molecule has 0 bridgehead atoms. The van der Waals surface area contributed by atoms with Gasteiger partial charge in [0.05, 0.1) is 18.5 Å². The van der Waals surface area contributed by atoms with Crippen molar-refractivity contribution in [1.29, 1.82) is 0 Å². The number of rotatable bonds is 7. The molecule has 31 heavy (non-hydrogen) atoms. The molecule has 0 radical (unpaired) electrons. The van der Waals surface area contributed by atoms with Gasteiger partial charge in [-0.05, 0) is 42.7 Å². The molecule has 2 aromatic carbocycles. The van der Waals surface area contributed by atoms with Crippen molar-refractivity contribution in [3.8, 4) is 5.75 Å². The summed E-state index contributed by atoms with van der Waals surface area (Å²) in [5.74, 6) is 1.35. The predicted octanol–water partition coefficient (Wildman–Crippen LogP) is 6.95. The Morgan fingerprint density at radius 2 is 1.81 bits per heavy atom. The van der Waals surface area contributed by atoms with Gasteiger partial charge in [0.15, 0.2) is 0 Å². The van der Waals surface area contributed by atoms with Gasteiger partial charge in [-0.1, -0.05) is 76.2 Å². The average Bonchev–Trinajstić information content (AvgIpc) is 2.82. The minimum Gasteiger partial charge on any atom is -0.497 e. The third-order valence-electron chi connectivity index (χ3n) is 4.67. The van der Waals surface area contributed by atoms with Crippen molar-refractivity contribution in [1.82, 2.24) is 5.01 Å². The van der Waals surface area contributed by atoms with Crippen LogP contribution in [0.2, 0.25) is 0 Å². The Balaban J connectivity index is 0.00000166. The highest BCUT2D eigenvalue weighted by Crippen LogP contribution is 2.28. The summed E-state index contributed by atoms with van der Waals surface area (Å²) in [7, 11) is 1.66. The molecule has 0 fully saturated rings. The van der Waals surface area contributed by atoms with Crippen LogP contribution in [0.25, 0.3) is 5.70 Å². The Morgan fingerprint density at radius 3 is 2.52 bits per heavy atom. The Labute approximate surface area is 187 Å². The highest BCUT2D eigenvalue weighted by molar-refractivity contribution is 5.90. The molecular weight excluding hydrogens is 384 g/mol. The van der Waals surface area contributed by atoms with Crippen LogP contribution < -0.4 is 4.74 Å². The molecule has 0 saturated carbocycles. The molecule has 0 saturated heterocycles. The Hall–Kier alpha value is -3.27. The smallest absolute Gasteiger partial charge is 0.232 e. The standard InChI is InChI=1S/C25H28N2O2.C2H6/c1-5-9-20-10-7-11-21(16-20)18-29-25-15-14-19(3)27(26-25)24(6-2)22-12-8-13-23(17-22)28-4;1-2/h6-8,10-17H,3,5,9,18H2,1-2,4H3;1-2H3/b24-6-;. The first-order chi connectivity index (χ1) is 15.1. The first kappa shape index (κ1) is 24.0. The summed E-state index contributed by atoms with van der Waals surface area (Å²) in [6, 6.07) is 16.4. The van der Waals surface area contributed by atoms with Crippen LogP contribution in [0.5, 0.6) is 5.75 Å². The number of ether oxygens (including phenoxy) is 2. The van der Waals surface area contributed by atoms with Crippen LogP contribution in [0.1, 0.15) is 50.8 Å². The first-order valence-electron chi connectivity index (χ1n) is 10.9. The van der Waals surface area contributed by atoms with Crippen molar-refractivity contribution in [3.63, 3.8) is 0 Å². The minimum atomic E-state index is 0.478. The summed E-state index contributed by atoms with van der Waals surface area (Å²) in [4.78, 5) is 0. The van der Waals surface area contributed by atoms with Crippen molar-refractivity contribution in [2.75, 3.05) is 7.11 Å². The molecule has 0 N–H and O–H groups in total. The average molecular weight is 419 g/mol. The van der Waals surface area contributed by atoms with Gasteiger partial charge < -0.3 is 9.47 Å². The zero-order valence-electron chi connectivity index (χ0n) is 19.4. The third kappa shape index (κ3) is 6.61. The van der Waals surface area contributed by atoms with E-state index in [0.29, 0.717) is 12.5 Å². The molecule has 0 atom stereocenters. The van der Waals surface area contributed by atoms with Gasteiger partial charge in [-0.3, -0.25) is 0 Å². The van der Waals surface area contributed by atoms with E-state index in [1.807, 2.05) is 63.3 Å². The second-order valence-electron chi connectivity index (χ2n) is 6.84. The van der Waals surface area contributed by atoms with Gasteiger partial charge in [-0.15, -0.1) is 5.10 Å². The number of hydrogen-bond donors (Lipinski definition) is 0. The highest BCUT2D eigenvalue weighted by Gasteiger charge is 2.18. The maximum Gasteiger partial charge on any atom is 0.232 e. The molecule has 4 nitrogen and oxygen atoms in total. The lowest BCUT2D eigenvalue weighted by Crippen LogP contribution is -2.20. The van der Waals surface area contributed by atoms with Crippen LogP contribution in [0.4, 0.5) is 0 Å². The zero-order chi connectivity index (χ0) is 22.6. The number of aryl methyl sites for hydroxylation is 1. The fourth-order valence-corrected chi connectivity index (χ4v) is 3.23. The van der Waals surface area contributed by atoms with Gasteiger partial charge in [0.1, 0.15) is 12.4 Å². The van der Waals surface area contributed by atoms with E-state index in [4.69, 9.17) is 9.47 Å². The predicted molar refractivity (Wildman–Crippen MR) is 131 cm³/mol. The van der Waals surface area contributed by atoms with Crippen molar-refractivity contribution in [3.05, 3.63) is 95.7 Å². The number of nitrogens with zero attached hydrogens (tertiary/aromatic N) is 2. The molecule has 164 valence electrons.